The smallest absolute Gasteiger partial charge is 0.226 e. The lowest BCUT2D eigenvalue weighted by molar-refractivity contribution is -0.117. The van der Waals surface area contributed by atoms with E-state index in [2.05, 4.69) is 10.3 Å². The van der Waals surface area contributed by atoms with E-state index in [9.17, 15) is 4.79 Å². The zero-order chi connectivity index (χ0) is 16.2. The van der Waals surface area contributed by atoms with Crippen molar-refractivity contribution in [3.63, 3.8) is 0 Å². The van der Waals surface area contributed by atoms with Crippen LogP contribution in [-0.2, 0) is 4.79 Å². The largest absolute Gasteiger partial charge is 0.491 e. The summed E-state index contributed by atoms with van der Waals surface area (Å²) in [5.74, 6) is 1.19. The number of hydrogen-bond donors (Lipinski definition) is 2. The number of aliphatic hydroxyl groups excluding tert-OH is 1. The van der Waals surface area contributed by atoms with Gasteiger partial charge in [0.25, 0.3) is 0 Å². The van der Waals surface area contributed by atoms with Crippen molar-refractivity contribution in [3.8, 4) is 5.75 Å². The number of benzene rings is 1. The minimum atomic E-state index is -0.0695. The van der Waals surface area contributed by atoms with Gasteiger partial charge >= 0.3 is 0 Å². The number of nitrogens with zero attached hydrogens (tertiary/aromatic N) is 1. The van der Waals surface area contributed by atoms with Gasteiger partial charge in [-0.05, 0) is 35.1 Å². The molecule has 0 saturated heterocycles. The minimum absolute atomic E-state index is 0.0253. The minimum Gasteiger partial charge on any atom is -0.491 e. The van der Waals surface area contributed by atoms with Crippen LogP contribution in [-0.4, -0.2) is 29.2 Å². The summed E-state index contributed by atoms with van der Waals surface area (Å²) in [6.45, 7) is 6.30. The predicted octanol–water partition coefficient (Wildman–Crippen LogP) is 2.98. The van der Waals surface area contributed by atoms with Gasteiger partial charge < -0.3 is 15.2 Å². The van der Waals surface area contributed by atoms with Crippen LogP contribution in [0, 0.1) is 5.41 Å². The lowest BCUT2D eigenvalue weighted by atomic mass is 9.92. The van der Waals surface area contributed by atoms with Crippen molar-refractivity contribution in [2.75, 3.05) is 18.5 Å². The highest BCUT2D eigenvalue weighted by Crippen LogP contribution is 2.26. The number of rotatable bonds is 5. The highest BCUT2D eigenvalue weighted by atomic mass is 16.5. The fourth-order valence-electron chi connectivity index (χ4n) is 2.17. The van der Waals surface area contributed by atoms with E-state index in [0.717, 1.165) is 10.8 Å². The van der Waals surface area contributed by atoms with Crippen LogP contribution >= 0.6 is 0 Å². The van der Waals surface area contributed by atoms with Crippen molar-refractivity contribution in [1.29, 1.82) is 0 Å². The first-order valence-corrected chi connectivity index (χ1v) is 7.31. The van der Waals surface area contributed by atoms with Gasteiger partial charge in [0.05, 0.1) is 6.61 Å². The summed E-state index contributed by atoms with van der Waals surface area (Å²) in [4.78, 5) is 16.3. The second kappa shape index (κ2) is 6.75. The molecule has 0 saturated carbocycles. The van der Waals surface area contributed by atoms with Crippen molar-refractivity contribution in [3.05, 3.63) is 30.5 Å². The van der Waals surface area contributed by atoms with Gasteiger partial charge in [-0.2, -0.15) is 0 Å². The van der Waals surface area contributed by atoms with Gasteiger partial charge in [0.15, 0.2) is 0 Å². The Labute approximate surface area is 130 Å². The number of fused-ring (bicyclic) bond motifs is 1. The Balaban J connectivity index is 2.22. The molecule has 0 aliphatic rings. The van der Waals surface area contributed by atoms with E-state index in [1.807, 2.05) is 39.0 Å². The van der Waals surface area contributed by atoms with Crippen molar-refractivity contribution in [2.45, 2.75) is 27.2 Å². The molecule has 2 rings (SSSR count). The molecule has 1 heterocycles. The first kappa shape index (κ1) is 16.2. The maximum absolute atomic E-state index is 12.1. The number of carbonyl (C=O) groups excluding carboxylic acids is 1. The maximum Gasteiger partial charge on any atom is 0.226 e. The molecule has 1 aromatic carbocycles. The van der Waals surface area contributed by atoms with E-state index in [4.69, 9.17) is 9.84 Å². The van der Waals surface area contributed by atoms with Crippen LogP contribution in [0.4, 0.5) is 5.82 Å². The molecule has 5 heteroatoms. The van der Waals surface area contributed by atoms with Gasteiger partial charge in [-0.15, -0.1) is 0 Å². The number of ether oxygens (including phenoxy) is 1. The number of pyridine rings is 1. The summed E-state index contributed by atoms with van der Waals surface area (Å²) in [6.07, 6.45) is 2.09. The summed E-state index contributed by atoms with van der Waals surface area (Å²) in [6, 6.07) is 7.40. The summed E-state index contributed by atoms with van der Waals surface area (Å²) in [5.41, 5.74) is -0.0695. The quantitative estimate of drug-likeness (QED) is 0.890. The van der Waals surface area contributed by atoms with E-state index in [1.54, 1.807) is 12.3 Å². The Morgan fingerprint density at radius 1 is 1.32 bits per heavy atom. The number of carbonyl (C=O) groups is 1. The van der Waals surface area contributed by atoms with Crippen LogP contribution in [0.1, 0.15) is 27.2 Å². The van der Waals surface area contributed by atoms with Crippen molar-refractivity contribution in [1.82, 2.24) is 4.98 Å². The number of amides is 1. The number of anilines is 1. The summed E-state index contributed by atoms with van der Waals surface area (Å²) < 4.78 is 5.39. The van der Waals surface area contributed by atoms with E-state index >= 15 is 0 Å². The van der Waals surface area contributed by atoms with Gasteiger partial charge in [0.1, 0.15) is 18.2 Å². The third kappa shape index (κ3) is 4.43. The molecule has 0 unspecified atom stereocenters. The van der Waals surface area contributed by atoms with Gasteiger partial charge in [-0.3, -0.25) is 4.79 Å². The van der Waals surface area contributed by atoms with Crippen LogP contribution in [0.2, 0.25) is 0 Å². The number of nitrogens with one attached hydrogen (secondary N) is 1. The third-order valence-corrected chi connectivity index (χ3v) is 3.04. The SMILES string of the molecule is CC(C)(C)CC(=O)Nc1nccc2cc(OCCO)ccc12. The Morgan fingerprint density at radius 3 is 2.77 bits per heavy atom. The molecule has 0 aliphatic carbocycles. The van der Waals surface area contributed by atoms with E-state index in [1.165, 1.54) is 0 Å². The van der Waals surface area contributed by atoms with Crippen LogP contribution in [0.5, 0.6) is 5.75 Å². The fraction of sp³-hybridized carbons (Fsp3) is 0.412. The summed E-state index contributed by atoms with van der Waals surface area (Å²) >= 11 is 0. The monoisotopic (exact) mass is 302 g/mol. The van der Waals surface area contributed by atoms with E-state index < -0.39 is 0 Å². The number of hydrogen-bond acceptors (Lipinski definition) is 4. The van der Waals surface area contributed by atoms with E-state index in [-0.39, 0.29) is 24.5 Å². The number of aliphatic hydroxyl groups is 1. The van der Waals surface area contributed by atoms with Gasteiger partial charge in [0.2, 0.25) is 5.91 Å². The summed E-state index contributed by atoms with van der Waals surface area (Å²) in [7, 11) is 0. The molecule has 1 amide bonds. The van der Waals surface area contributed by atoms with Crippen LogP contribution in [0.3, 0.4) is 0 Å². The molecule has 0 spiro atoms. The molecule has 0 radical (unpaired) electrons. The van der Waals surface area contributed by atoms with Gasteiger partial charge in [-0.25, -0.2) is 4.98 Å². The molecule has 5 nitrogen and oxygen atoms in total. The molecule has 0 atom stereocenters. The highest BCUT2D eigenvalue weighted by Gasteiger charge is 2.17. The molecule has 22 heavy (non-hydrogen) atoms. The van der Waals surface area contributed by atoms with E-state index in [0.29, 0.717) is 18.0 Å². The Bertz CT molecular complexity index is 662. The van der Waals surface area contributed by atoms with Crippen molar-refractivity contribution >= 4 is 22.5 Å². The van der Waals surface area contributed by atoms with Gasteiger partial charge in [0, 0.05) is 18.0 Å². The molecule has 118 valence electrons. The van der Waals surface area contributed by atoms with Gasteiger partial charge in [-0.1, -0.05) is 20.8 Å². The van der Waals surface area contributed by atoms with Crippen LogP contribution in [0.15, 0.2) is 30.5 Å². The first-order chi connectivity index (χ1) is 10.4. The molecular weight excluding hydrogens is 280 g/mol. The lowest BCUT2D eigenvalue weighted by Gasteiger charge is -2.17. The van der Waals surface area contributed by atoms with Crippen molar-refractivity contribution in [2.24, 2.45) is 5.41 Å². The molecule has 0 bridgehead atoms. The average molecular weight is 302 g/mol. The maximum atomic E-state index is 12.1. The summed E-state index contributed by atoms with van der Waals surface area (Å²) in [5, 5.41) is 13.5. The molecule has 0 aliphatic heterocycles. The second-order valence-corrected chi connectivity index (χ2v) is 6.40. The van der Waals surface area contributed by atoms with Crippen molar-refractivity contribution < 1.29 is 14.6 Å². The molecule has 2 aromatic rings. The topological polar surface area (TPSA) is 71.5 Å². The second-order valence-electron chi connectivity index (χ2n) is 6.40. The Morgan fingerprint density at radius 2 is 2.09 bits per heavy atom. The average Bonchev–Trinajstić information content (AvgIpc) is 2.43. The number of aromatic nitrogens is 1. The third-order valence-electron chi connectivity index (χ3n) is 3.04. The molecule has 0 fully saturated rings. The van der Waals surface area contributed by atoms with Crippen LogP contribution < -0.4 is 10.1 Å². The molecule has 1 aromatic heterocycles. The zero-order valence-corrected chi connectivity index (χ0v) is 13.2. The zero-order valence-electron chi connectivity index (χ0n) is 13.2. The standard InChI is InChI=1S/C17H22N2O3/c1-17(2,3)11-15(21)19-16-14-5-4-13(22-9-8-20)10-12(14)6-7-18-16/h4-7,10,20H,8-9,11H2,1-3H3,(H,18,19,21). The Hall–Kier alpha value is -2.14. The fourth-order valence-corrected chi connectivity index (χ4v) is 2.17. The predicted molar refractivity (Wildman–Crippen MR) is 87.0 cm³/mol. The highest BCUT2D eigenvalue weighted by molar-refractivity contribution is 6.00. The van der Waals surface area contributed by atoms with Crippen LogP contribution in [0.25, 0.3) is 10.8 Å². The normalized spacial score (nSPS) is 11.5. The molecular formula is C17H22N2O3. The Kier molecular flexibility index (Phi) is 4.98. The molecule has 2 N–H and O–H groups in total. The first-order valence-electron chi connectivity index (χ1n) is 7.31. The lowest BCUT2D eigenvalue weighted by Crippen LogP contribution is -2.20.